The second kappa shape index (κ2) is 21.9. The average Bonchev–Trinajstić information content (AvgIpc) is 3.62. The molecule has 0 unspecified atom stereocenters. The van der Waals surface area contributed by atoms with Crippen molar-refractivity contribution >= 4 is 103 Å². The van der Waals surface area contributed by atoms with Gasteiger partial charge in [0.15, 0.2) is 11.4 Å². The van der Waals surface area contributed by atoms with Crippen LogP contribution in [0.5, 0.6) is 5.75 Å². The molecule has 0 radical (unpaired) electrons. The Balaban J connectivity index is 0.000000258. The van der Waals surface area contributed by atoms with Gasteiger partial charge in [-0.2, -0.15) is 4.31 Å². The Morgan fingerprint density at radius 3 is 1.78 bits per heavy atom. The number of aromatic hydroxyl groups is 1. The first-order valence-corrected chi connectivity index (χ1v) is 23.7. The lowest BCUT2D eigenvalue weighted by molar-refractivity contribution is -0.143. The number of pyridine rings is 1. The summed E-state index contributed by atoms with van der Waals surface area (Å²) in [6.45, 7) is 6.82. The molecule has 20 heteroatoms. The van der Waals surface area contributed by atoms with E-state index in [-0.39, 0.29) is 66.3 Å². The van der Waals surface area contributed by atoms with Gasteiger partial charge in [0.25, 0.3) is 0 Å². The number of hydrogen-bond acceptors (Lipinski definition) is 10. The maximum Gasteiger partial charge on any atom is 0.360 e. The highest BCUT2D eigenvalue weighted by Gasteiger charge is 2.33. The summed E-state index contributed by atoms with van der Waals surface area (Å²) in [6.07, 6.45) is 1.50. The molecule has 0 aliphatic heterocycles. The Morgan fingerprint density at radius 1 is 0.730 bits per heavy atom. The number of nitrogens with zero attached hydrogens (tertiary/aromatic N) is 4. The van der Waals surface area contributed by atoms with Crippen LogP contribution in [0.1, 0.15) is 64.0 Å². The van der Waals surface area contributed by atoms with Crippen molar-refractivity contribution in [3.63, 3.8) is 0 Å². The van der Waals surface area contributed by atoms with E-state index in [1.54, 1.807) is 61.7 Å². The van der Waals surface area contributed by atoms with E-state index >= 15 is 0 Å². The lowest BCUT2D eigenvalue weighted by Gasteiger charge is -2.23. The zero-order chi connectivity index (χ0) is 46.2. The number of aryl methyl sites for hydroxylation is 1. The highest BCUT2D eigenvalue weighted by Crippen LogP contribution is 2.41. The summed E-state index contributed by atoms with van der Waals surface area (Å²) >= 11 is 13.8. The van der Waals surface area contributed by atoms with Gasteiger partial charge in [-0.3, -0.25) is 4.79 Å². The molecule has 334 valence electrons. The normalized spacial score (nSPS) is 11.3. The molecule has 6 rings (SSSR count). The number of benzene rings is 3. The molecule has 0 aliphatic carbocycles. The van der Waals surface area contributed by atoms with Crippen molar-refractivity contribution < 1.29 is 50.9 Å². The van der Waals surface area contributed by atoms with E-state index in [0.717, 1.165) is 15.4 Å². The smallest absolute Gasteiger partial charge is 0.360 e. The Bertz CT molecular complexity index is 2730. The summed E-state index contributed by atoms with van der Waals surface area (Å²) in [5, 5.41) is 10.9. The van der Waals surface area contributed by atoms with Crippen LogP contribution >= 0.6 is 63.7 Å². The number of fused-ring (bicyclic) bond motifs is 1. The van der Waals surface area contributed by atoms with Gasteiger partial charge in [0.2, 0.25) is 10.0 Å². The van der Waals surface area contributed by atoms with E-state index in [1.165, 1.54) is 42.6 Å². The van der Waals surface area contributed by atoms with Gasteiger partial charge in [-0.15, -0.1) is 0 Å². The largest absolute Gasteiger partial charge is 0.505 e. The first-order valence-electron chi connectivity index (χ1n) is 19.1. The van der Waals surface area contributed by atoms with Crippen LogP contribution in [0.15, 0.2) is 102 Å². The van der Waals surface area contributed by atoms with Crippen molar-refractivity contribution in [2.24, 2.45) is 0 Å². The van der Waals surface area contributed by atoms with Crippen LogP contribution in [0.4, 0.5) is 8.78 Å². The summed E-state index contributed by atoms with van der Waals surface area (Å²) in [6, 6.07) is 18.2. The van der Waals surface area contributed by atoms with E-state index in [0.29, 0.717) is 41.2 Å². The molecule has 0 saturated carbocycles. The summed E-state index contributed by atoms with van der Waals surface area (Å²) in [7, 11) is -4.20. The molecule has 0 bridgehead atoms. The molecule has 3 aromatic heterocycles. The van der Waals surface area contributed by atoms with Gasteiger partial charge in [-0.05, 0) is 139 Å². The van der Waals surface area contributed by atoms with E-state index < -0.39 is 40.3 Å². The highest BCUT2D eigenvalue weighted by molar-refractivity contribution is 9.13. The molecule has 0 aliphatic rings. The quantitative estimate of drug-likeness (QED) is 0.0775. The molecular weight excluding hydrogens is 1110 g/mol. The molecule has 0 amide bonds. The number of ether oxygens (including phenoxy) is 3. The number of carbonyl (C=O) groups is 3. The van der Waals surface area contributed by atoms with Gasteiger partial charge in [-0.1, -0.05) is 42.0 Å². The molecule has 0 atom stereocenters. The van der Waals surface area contributed by atoms with E-state index in [1.807, 2.05) is 11.5 Å². The fraction of sp³-hybridized carbons (Fsp3) is 0.256. The van der Waals surface area contributed by atoms with Crippen LogP contribution < -0.4 is 0 Å². The van der Waals surface area contributed by atoms with Gasteiger partial charge in [0.1, 0.15) is 27.4 Å². The molecule has 3 aromatic carbocycles. The van der Waals surface area contributed by atoms with Gasteiger partial charge in [0.05, 0.1) is 62.9 Å². The molecule has 63 heavy (non-hydrogen) atoms. The fourth-order valence-corrected chi connectivity index (χ4v) is 9.84. The Labute approximate surface area is 395 Å². The molecule has 13 nitrogen and oxygen atoms in total. The maximum absolute atomic E-state index is 13.7. The molecule has 6 aromatic rings. The van der Waals surface area contributed by atoms with Crippen LogP contribution in [0.2, 0.25) is 0 Å². The number of hydrogen-bond donors (Lipinski definition) is 1. The standard InChI is InChI=1S/C26H27Br2FN2O6S.C17H13Br2FN2O3/c1-4-36-22(32)16-30(38(34,35)20-12-6-17(3)7-13-20)15-21-23(26(33)37-5-2)24(27)25(28)31(21)14-18-8-10-19(29)11-9-18;1-2-25-17(24)14-15(23)12-11(7-21-14)22(16(19)13(12)18)8-9-3-5-10(20)6-4-9/h6-13H,4-5,14-16H2,1-3H3;3-7,23H,2,8H2,1H3. The fourth-order valence-electron chi connectivity index (χ4n) is 6.23. The van der Waals surface area contributed by atoms with Gasteiger partial charge in [-0.25, -0.2) is 31.8 Å². The SMILES string of the molecule is CCOC(=O)CN(Cc1c(C(=O)OCC)c(Br)c(Br)n1Cc1ccc(F)cc1)S(=O)(=O)c1ccc(C)cc1.CCOC(=O)c1ncc2c(c1O)c(Br)c(Br)n2Cc1ccc(F)cc1. The minimum atomic E-state index is -4.20. The lowest BCUT2D eigenvalue weighted by atomic mass is 10.2. The van der Waals surface area contributed by atoms with Crippen molar-refractivity contribution in [2.75, 3.05) is 26.4 Å². The first kappa shape index (κ1) is 49.5. The Kier molecular flexibility index (Phi) is 17.3. The zero-order valence-corrected chi connectivity index (χ0v) is 41.3. The third kappa shape index (κ3) is 11.6. The van der Waals surface area contributed by atoms with Crippen molar-refractivity contribution in [3.05, 3.63) is 142 Å². The van der Waals surface area contributed by atoms with Crippen molar-refractivity contribution in [1.82, 2.24) is 18.4 Å². The predicted octanol–water partition coefficient (Wildman–Crippen LogP) is 10.1. The van der Waals surface area contributed by atoms with Gasteiger partial charge in [0, 0.05) is 18.8 Å². The number of halogens is 6. The third-order valence-corrected chi connectivity index (χ3v) is 15.3. The van der Waals surface area contributed by atoms with Crippen LogP contribution in [0, 0.1) is 18.6 Å². The monoisotopic (exact) mass is 1140 g/mol. The minimum Gasteiger partial charge on any atom is -0.505 e. The second-order valence-electron chi connectivity index (χ2n) is 13.5. The van der Waals surface area contributed by atoms with Crippen molar-refractivity contribution in [1.29, 1.82) is 0 Å². The molecule has 3 heterocycles. The van der Waals surface area contributed by atoms with Crippen LogP contribution in [-0.2, 0) is 48.7 Å². The molecule has 0 saturated heterocycles. The van der Waals surface area contributed by atoms with Crippen LogP contribution in [0.25, 0.3) is 10.9 Å². The van der Waals surface area contributed by atoms with Crippen molar-refractivity contribution in [3.8, 4) is 5.75 Å². The maximum atomic E-state index is 13.7. The third-order valence-electron chi connectivity index (χ3n) is 9.27. The summed E-state index contributed by atoms with van der Waals surface area (Å²) in [5.74, 6) is -3.05. The first-order chi connectivity index (χ1) is 29.9. The lowest BCUT2D eigenvalue weighted by Crippen LogP contribution is -2.37. The minimum absolute atomic E-state index is 0.0140. The molecule has 1 N–H and O–H groups in total. The Hall–Kier alpha value is -4.47. The Morgan fingerprint density at radius 2 is 1.24 bits per heavy atom. The number of carbonyl (C=O) groups excluding carboxylic acids is 3. The summed E-state index contributed by atoms with van der Waals surface area (Å²) in [4.78, 5) is 41.5. The molecule has 0 fully saturated rings. The topological polar surface area (TPSA) is 159 Å². The highest BCUT2D eigenvalue weighted by atomic mass is 79.9. The van der Waals surface area contributed by atoms with Crippen LogP contribution in [0.3, 0.4) is 0 Å². The van der Waals surface area contributed by atoms with Gasteiger partial charge >= 0.3 is 17.9 Å². The molecule has 0 spiro atoms. The van der Waals surface area contributed by atoms with E-state index in [9.17, 15) is 36.7 Å². The van der Waals surface area contributed by atoms with E-state index in [2.05, 4.69) is 68.7 Å². The number of sulfonamides is 1. The van der Waals surface area contributed by atoms with Gasteiger partial charge < -0.3 is 28.5 Å². The average molecular weight is 1150 g/mol. The predicted molar refractivity (Wildman–Crippen MR) is 245 cm³/mol. The van der Waals surface area contributed by atoms with Crippen molar-refractivity contribution in [2.45, 2.75) is 52.2 Å². The summed E-state index contributed by atoms with van der Waals surface area (Å²) in [5.41, 5.74) is 3.30. The van der Waals surface area contributed by atoms with Crippen LogP contribution in [-0.4, -0.2) is 76.2 Å². The second-order valence-corrected chi connectivity index (χ2v) is 18.5. The number of esters is 3. The number of rotatable bonds is 15. The van der Waals surface area contributed by atoms with E-state index in [4.69, 9.17) is 14.2 Å². The number of aromatic nitrogens is 3. The molecular formula is C43H40Br4F2N4O9S. The summed E-state index contributed by atoms with van der Waals surface area (Å²) < 4.78 is 75.8. The zero-order valence-electron chi connectivity index (χ0n) is 34.1.